The Morgan fingerprint density at radius 1 is 1.45 bits per heavy atom. The Kier molecular flexibility index (Phi) is 6.82. The highest BCUT2D eigenvalue weighted by molar-refractivity contribution is 9.10. The van der Waals surface area contributed by atoms with E-state index in [0.717, 1.165) is 0 Å². The van der Waals surface area contributed by atoms with Crippen molar-refractivity contribution in [3.05, 3.63) is 27.7 Å². The predicted octanol–water partition coefficient (Wildman–Crippen LogP) is 2.20. The first kappa shape index (κ1) is 17.9. The zero-order chi connectivity index (χ0) is 16.7. The van der Waals surface area contributed by atoms with E-state index in [1.165, 1.54) is 20.3 Å². The number of nitriles is 1. The number of hydrogen-bond acceptors (Lipinski definition) is 6. The highest BCUT2D eigenvalue weighted by Gasteiger charge is 2.12. The Labute approximate surface area is 141 Å². The topological polar surface area (TPSA) is 94.6 Å². The third-order valence-corrected chi connectivity index (χ3v) is 3.45. The second-order valence-electron chi connectivity index (χ2n) is 3.92. The highest BCUT2D eigenvalue weighted by Crippen LogP contribution is 2.34. The van der Waals surface area contributed by atoms with Crippen LogP contribution in [0.25, 0.3) is 6.08 Å². The third-order valence-electron chi connectivity index (χ3n) is 2.54. The van der Waals surface area contributed by atoms with Crippen LogP contribution in [-0.2, 0) is 9.53 Å². The molecule has 22 heavy (non-hydrogen) atoms. The van der Waals surface area contributed by atoms with E-state index in [2.05, 4.69) is 20.7 Å². The molecule has 0 atom stereocenters. The van der Waals surface area contributed by atoms with E-state index in [9.17, 15) is 4.79 Å². The lowest BCUT2D eigenvalue weighted by atomic mass is 10.1. The lowest BCUT2D eigenvalue weighted by Crippen LogP contribution is -2.13. The maximum atomic E-state index is 11.1. The fourth-order valence-electron chi connectivity index (χ4n) is 1.44. The van der Waals surface area contributed by atoms with Crippen molar-refractivity contribution >= 4 is 45.2 Å². The summed E-state index contributed by atoms with van der Waals surface area (Å²) < 4.78 is 15.7. The minimum atomic E-state index is -0.512. The fraction of sp³-hybridized carbons (Fsp3) is 0.214. The van der Waals surface area contributed by atoms with Gasteiger partial charge in [0.1, 0.15) is 11.1 Å². The summed E-state index contributed by atoms with van der Waals surface area (Å²) in [6.07, 6.45) is 1.53. The molecule has 0 saturated carbocycles. The van der Waals surface area contributed by atoms with Crippen LogP contribution in [0.3, 0.4) is 0 Å². The normalized spacial score (nSPS) is 10.5. The number of halogens is 1. The summed E-state index contributed by atoms with van der Waals surface area (Å²) in [4.78, 5) is 11.1. The van der Waals surface area contributed by atoms with Crippen molar-refractivity contribution in [2.24, 2.45) is 5.73 Å². The van der Waals surface area contributed by atoms with E-state index in [1.54, 1.807) is 12.1 Å². The maximum absolute atomic E-state index is 11.1. The average Bonchev–Trinajstić information content (AvgIpc) is 2.50. The highest BCUT2D eigenvalue weighted by atomic mass is 79.9. The van der Waals surface area contributed by atoms with Gasteiger partial charge in [-0.3, -0.25) is 0 Å². The number of ether oxygens (including phenoxy) is 3. The van der Waals surface area contributed by atoms with Crippen LogP contribution in [-0.4, -0.2) is 31.8 Å². The minimum absolute atomic E-state index is 0.000570. The van der Waals surface area contributed by atoms with Crippen LogP contribution in [0, 0.1) is 11.3 Å². The number of hydrogen-bond donors (Lipinski definition) is 1. The third kappa shape index (κ3) is 4.72. The lowest BCUT2D eigenvalue weighted by Gasteiger charge is -2.12. The molecule has 116 valence electrons. The van der Waals surface area contributed by atoms with E-state index in [0.29, 0.717) is 21.5 Å². The van der Waals surface area contributed by atoms with Crippen molar-refractivity contribution < 1.29 is 19.0 Å². The molecule has 0 unspecified atom stereocenters. The molecule has 0 bridgehead atoms. The number of rotatable bonds is 6. The number of esters is 1. The largest absolute Gasteiger partial charge is 0.493 e. The second-order valence-corrected chi connectivity index (χ2v) is 5.22. The molecule has 0 aromatic heterocycles. The van der Waals surface area contributed by atoms with Crippen molar-refractivity contribution in [2.75, 3.05) is 20.8 Å². The number of carbonyl (C=O) groups is 1. The van der Waals surface area contributed by atoms with E-state index in [4.69, 9.17) is 32.7 Å². The van der Waals surface area contributed by atoms with Gasteiger partial charge in [0.15, 0.2) is 18.1 Å². The maximum Gasteiger partial charge on any atom is 0.343 e. The number of nitrogens with zero attached hydrogens (tertiary/aromatic N) is 1. The quantitative estimate of drug-likeness (QED) is 0.347. The number of methoxy groups -OCH3 is 2. The fourth-order valence-corrected chi connectivity index (χ4v) is 1.98. The molecule has 1 aromatic carbocycles. The SMILES string of the molecule is COC(=O)COc1cc(Br)c(C=C(C#N)C(N)=S)cc1OC. The van der Waals surface area contributed by atoms with Crippen LogP contribution in [0.4, 0.5) is 0 Å². The van der Waals surface area contributed by atoms with Crippen molar-refractivity contribution in [1.82, 2.24) is 0 Å². The smallest absolute Gasteiger partial charge is 0.343 e. The minimum Gasteiger partial charge on any atom is -0.493 e. The molecule has 0 aliphatic rings. The molecule has 2 N–H and O–H groups in total. The van der Waals surface area contributed by atoms with Gasteiger partial charge < -0.3 is 19.9 Å². The molecular weight excluding hydrogens is 372 g/mol. The van der Waals surface area contributed by atoms with Crippen LogP contribution < -0.4 is 15.2 Å². The molecular formula is C14H13BrN2O4S. The van der Waals surface area contributed by atoms with Crippen LogP contribution in [0.2, 0.25) is 0 Å². The summed E-state index contributed by atoms with van der Waals surface area (Å²) in [6, 6.07) is 5.16. The molecule has 0 spiro atoms. The molecule has 8 heteroatoms. The van der Waals surface area contributed by atoms with Gasteiger partial charge >= 0.3 is 5.97 Å². The van der Waals surface area contributed by atoms with Gasteiger partial charge in [0.05, 0.1) is 19.8 Å². The van der Waals surface area contributed by atoms with E-state index in [1.807, 2.05) is 6.07 Å². The average molecular weight is 385 g/mol. The molecule has 1 aromatic rings. The summed E-state index contributed by atoms with van der Waals surface area (Å²) in [7, 11) is 2.73. The van der Waals surface area contributed by atoms with Crippen LogP contribution in [0.15, 0.2) is 22.2 Å². The van der Waals surface area contributed by atoms with Gasteiger partial charge in [0, 0.05) is 4.47 Å². The Hall–Kier alpha value is -2.11. The summed E-state index contributed by atoms with van der Waals surface area (Å²) in [5.41, 5.74) is 6.26. The van der Waals surface area contributed by atoms with Crippen molar-refractivity contribution in [3.8, 4) is 17.6 Å². The van der Waals surface area contributed by atoms with Gasteiger partial charge in [-0.2, -0.15) is 5.26 Å². The van der Waals surface area contributed by atoms with E-state index >= 15 is 0 Å². The summed E-state index contributed by atoms with van der Waals surface area (Å²) in [5.74, 6) is 0.228. The summed E-state index contributed by atoms with van der Waals surface area (Å²) >= 11 is 8.15. The Bertz CT molecular complexity index is 668. The van der Waals surface area contributed by atoms with Crippen LogP contribution in [0.1, 0.15) is 5.56 Å². The number of thiocarbonyl (C=S) groups is 1. The van der Waals surface area contributed by atoms with Crippen LogP contribution in [0.5, 0.6) is 11.5 Å². The monoisotopic (exact) mass is 384 g/mol. The Balaban J connectivity index is 3.18. The lowest BCUT2D eigenvalue weighted by molar-refractivity contribution is -0.142. The zero-order valence-corrected chi connectivity index (χ0v) is 14.3. The Morgan fingerprint density at radius 3 is 2.64 bits per heavy atom. The summed E-state index contributed by atoms with van der Waals surface area (Å²) in [5, 5.41) is 8.99. The standard InChI is InChI=1S/C14H13BrN2O4S/c1-19-11-4-8(3-9(6-16)14(17)22)10(15)5-12(11)21-7-13(18)20-2/h3-5H,7H2,1-2H3,(H2,17,22). The molecule has 6 nitrogen and oxygen atoms in total. The van der Waals surface area contributed by atoms with Crippen LogP contribution >= 0.6 is 28.1 Å². The Morgan fingerprint density at radius 2 is 2.14 bits per heavy atom. The second kappa shape index (κ2) is 8.36. The molecule has 0 heterocycles. The van der Waals surface area contributed by atoms with E-state index in [-0.39, 0.29) is 17.2 Å². The van der Waals surface area contributed by atoms with Gasteiger partial charge in [0.25, 0.3) is 0 Å². The van der Waals surface area contributed by atoms with E-state index < -0.39 is 5.97 Å². The predicted molar refractivity (Wildman–Crippen MR) is 88.6 cm³/mol. The van der Waals surface area contributed by atoms with Gasteiger partial charge in [-0.1, -0.05) is 28.1 Å². The van der Waals surface area contributed by atoms with Gasteiger partial charge in [-0.15, -0.1) is 0 Å². The first-order valence-electron chi connectivity index (χ1n) is 5.91. The first-order valence-corrected chi connectivity index (χ1v) is 7.11. The van der Waals surface area contributed by atoms with Crippen molar-refractivity contribution in [1.29, 1.82) is 5.26 Å². The summed E-state index contributed by atoms with van der Waals surface area (Å²) in [6.45, 7) is -0.245. The molecule has 0 aliphatic carbocycles. The van der Waals surface area contributed by atoms with Gasteiger partial charge in [-0.25, -0.2) is 4.79 Å². The molecule has 0 amide bonds. The van der Waals surface area contributed by atoms with Gasteiger partial charge in [0.2, 0.25) is 0 Å². The molecule has 0 aliphatic heterocycles. The number of benzene rings is 1. The molecule has 0 radical (unpaired) electrons. The number of carbonyl (C=O) groups excluding carboxylic acids is 1. The first-order chi connectivity index (χ1) is 10.4. The number of nitrogens with two attached hydrogens (primary N) is 1. The molecule has 0 fully saturated rings. The molecule has 1 rings (SSSR count). The van der Waals surface area contributed by atoms with Gasteiger partial charge in [-0.05, 0) is 23.8 Å². The van der Waals surface area contributed by atoms with Crippen molar-refractivity contribution in [3.63, 3.8) is 0 Å². The zero-order valence-electron chi connectivity index (χ0n) is 11.9. The van der Waals surface area contributed by atoms with Crippen molar-refractivity contribution in [2.45, 2.75) is 0 Å². The molecule has 0 saturated heterocycles.